The molecular weight excluding hydrogens is 136 g/mol. The second-order valence-corrected chi connectivity index (χ2v) is 2.59. The zero-order valence-corrected chi connectivity index (χ0v) is 6.37. The van der Waals surface area contributed by atoms with Crippen LogP contribution in [0, 0.1) is 6.92 Å². The van der Waals surface area contributed by atoms with Gasteiger partial charge in [0, 0.05) is 0 Å². The smallest absolute Gasteiger partial charge is 0.315 e. The van der Waals surface area contributed by atoms with Crippen molar-refractivity contribution in [1.82, 2.24) is 0 Å². The number of hydrogen-bond donors (Lipinski definition) is 0. The monoisotopic (exact) mass is 147 g/mol. The van der Waals surface area contributed by atoms with Gasteiger partial charge in [0.05, 0.1) is 12.9 Å². The van der Waals surface area contributed by atoms with Crippen LogP contribution in [0.3, 0.4) is 0 Å². The molecule has 3 heteroatoms. The molecule has 0 N–H and O–H groups in total. The van der Waals surface area contributed by atoms with Crippen molar-refractivity contribution in [1.29, 1.82) is 0 Å². The third kappa shape index (κ3) is 5.69. The molecule has 0 rings (SSSR count). The molecule has 0 aromatic carbocycles. The molecule has 0 atom stereocenters. The largest absolute Gasteiger partial charge is 0.468 e. The lowest BCUT2D eigenvalue weighted by Gasteiger charge is -1.95. The Hall–Kier alpha value is -0.180. The Morgan fingerprint density at radius 3 is 2.89 bits per heavy atom. The molecule has 0 aromatic heterocycles. The van der Waals surface area contributed by atoms with Gasteiger partial charge in [-0.25, -0.2) is 0 Å². The molecule has 0 fully saturated rings. The lowest BCUT2D eigenvalue weighted by atomic mass is 10.6. The molecule has 0 spiro atoms. The molecule has 0 aromatic rings. The zero-order chi connectivity index (χ0) is 7.11. The molecule has 53 valence electrons. The van der Waals surface area contributed by atoms with E-state index in [1.54, 1.807) is 11.8 Å². The van der Waals surface area contributed by atoms with Crippen LogP contribution in [0.5, 0.6) is 0 Å². The maximum Gasteiger partial charge on any atom is 0.315 e. The van der Waals surface area contributed by atoms with Crippen LogP contribution < -0.4 is 0 Å². The van der Waals surface area contributed by atoms with Gasteiger partial charge in [0.25, 0.3) is 0 Å². The molecule has 0 bridgehead atoms. The number of methoxy groups -OCH3 is 1. The Kier molecular flexibility index (Phi) is 5.83. The molecular formula is C6H11O2S. The van der Waals surface area contributed by atoms with Crippen molar-refractivity contribution in [3.05, 3.63) is 6.92 Å². The summed E-state index contributed by atoms with van der Waals surface area (Å²) in [5, 5.41) is 0. The van der Waals surface area contributed by atoms with Crippen LogP contribution in [0.25, 0.3) is 0 Å². The van der Waals surface area contributed by atoms with E-state index in [1.165, 1.54) is 7.11 Å². The zero-order valence-electron chi connectivity index (χ0n) is 5.55. The second kappa shape index (κ2) is 5.95. The number of carbonyl (C=O) groups excluding carboxylic acids is 1. The van der Waals surface area contributed by atoms with Crippen molar-refractivity contribution >= 4 is 17.7 Å². The van der Waals surface area contributed by atoms with E-state index in [-0.39, 0.29) is 5.97 Å². The quantitative estimate of drug-likeness (QED) is 0.440. The summed E-state index contributed by atoms with van der Waals surface area (Å²) in [5.74, 6) is 1.22. The molecule has 0 saturated heterocycles. The van der Waals surface area contributed by atoms with Crippen LogP contribution in [-0.2, 0) is 9.53 Å². The summed E-state index contributed by atoms with van der Waals surface area (Å²) in [7, 11) is 1.40. The number of rotatable bonds is 4. The maximum absolute atomic E-state index is 10.4. The number of hydrogen-bond acceptors (Lipinski definition) is 3. The summed E-state index contributed by atoms with van der Waals surface area (Å²) < 4.78 is 4.42. The standard InChI is InChI=1S/C6H11O2S/c1-3-4-9-5-6(7)8-2/h1,3-5H2,2H3. The fourth-order valence-corrected chi connectivity index (χ4v) is 0.949. The number of ether oxygens (including phenoxy) is 1. The number of carbonyl (C=O) groups is 1. The molecule has 0 amide bonds. The van der Waals surface area contributed by atoms with Crippen LogP contribution in [-0.4, -0.2) is 24.6 Å². The van der Waals surface area contributed by atoms with Crippen LogP contribution in [0.2, 0.25) is 0 Å². The van der Waals surface area contributed by atoms with Crippen molar-refractivity contribution < 1.29 is 9.53 Å². The molecule has 0 aliphatic heterocycles. The summed E-state index contributed by atoms with van der Waals surface area (Å²) in [6.45, 7) is 3.64. The Bertz CT molecular complexity index is 83.1. The van der Waals surface area contributed by atoms with Gasteiger partial charge in [-0.1, -0.05) is 6.92 Å². The summed E-state index contributed by atoms with van der Waals surface area (Å²) in [6.07, 6.45) is 0.863. The topological polar surface area (TPSA) is 26.3 Å². The Morgan fingerprint density at radius 1 is 1.78 bits per heavy atom. The van der Waals surface area contributed by atoms with E-state index in [0.717, 1.165) is 12.2 Å². The van der Waals surface area contributed by atoms with E-state index in [1.807, 2.05) is 0 Å². The summed E-state index contributed by atoms with van der Waals surface area (Å²) >= 11 is 1.55. The van der Waals surface area contributed by atoms with Crippen LogP contribution >= 0.6 is 11.8 Å². The highest BCUT2D eigenvalue weighted by Gasteiger charge is 1.96. The van der Waals surface area contributed by atoms with E-state index in [4.69, 9.17) is 0 Å². The highest BCUT2D eigenvalue weighted by molar-refractivity contribution is 7.99. The van der Waals surface area contributed by atoms with Crippen molar-refractivity contribution in [3.63, 3.8) is 0 Å². The van der Waals surface area contributed by atoms with Crippen LogP contribution in [0.1, 0.15) is 6.42 Å². The van der Waals surface area contributed by atoms with Gasteiger partial charge in [-0.2, -0.15) is 11.8 Å². The Balaban J connectivity index is 2.97. The minimum atomic E-state index is -0.159. The van der Waals surface area contributed by atoms with Gasteiger partial charge in [-0.15, -0.1) is 0 Å². The van der Waals surface area contributed by atoms with Crippen molar-refractivity contribution in [2.45, 2.75) is 6.42 Å². The molecule has 2 nitrogen and oxygen atoms in total. The predicted octanol–water partition coefficient (Wildman–Crippen LogP) is 1.12. The van der Waals surface area contributed by atoms with Crippen LogP contribution in [0.4, 0.5) is 0 Å². The van der Waals surface area contributed by atoms with E-state index in [0.29, 0.717) is 5.75 Å². The summed E-state index contributed by atoms with van der Waals surface area (Å²) in [5.41, 5.74) is 0. The molecule has 0 unspecified atom stereocenters. The second-order valence-electron chi connectivity index (χ2n) is 1.48. The predicted molar refractivity (Wildman–Crippen MR) is 39.3 cm³/mol. The van der Waals surface area contributed by atoms with Crippen LogP contribution in [0.15, 0.2) is 0 Å². The Morgan fingerprint density at radius 2 is 2.44 bits per heavy atom. The third-order valence-corrected chi connectivity index (χ3v) is 1.75. The molecule has 1 radical (unpaired) electrons. The minimum absolute atomic E-state index is 0.159. The fraction of sp³-hybridized carbons (Fsp3) is 0.667. The first kappa shape index (κ1) is 8.82. The highest BCUT2D eigenvalue weighted by Crippen LogP contribution is 2.00. The average molecular weight is 147 g/mol. The van der Waals surface area contributed by atoms with Gasteiger partial charge >= 0.3 is 5.97 Å². The SMILES string of the molecule is [CH2]CCSCC(=O)OC. The van der Waals surface area contributed by atoms with Gasteiger partial charge < -0.3 is 4.74 Å². The molecule has 0 aliphatic carbocycles. The first-order valence-electron chi connectivity index (χ1n) is 2.75. The minimum Gasteiger partial charge on any atom is -0.468 e. The average Bonchev–Trinajstić information content (AvgIpc) is 1.89. The summed E-state index contributed by atoms with van der Waals surface area (Å²) in [6, 6.07) is 0. The molecule has 0 heterocycles. The molecule has 0 aliphatic rings. The van der Waals surface area contributed by atoms with E-state index < -0.39 is 0 Å². The molecule has 0 saturated carbocycles. The lowest BCUT2D eigenvalue weighted by molar-refractivity contribution is -0.137. The number of esters is 1. The lowest BCUT2D eigenvalue weighted by Crippen LogP contribution is -2.03. The van der Waals surface area contributed by atoms with E-state index >= 15 is 0 Å². The van der Waals surface area contributed by atoms with E-state index in [2.05, 4.69) is 11.7 Å². The van der Waals surface area contributed by atoms with Crippen molar-refractivity contribution in [3.8, 4) is 0 Å². The highest BCUT2D eigenvalue weighted by atomic mass is 32.2. The fourth-order valence-electron chi connectivity index (χ4n) is 0.316. The number of thioether (sulfide) groups is 1. The maximum atomic E-state index is 10.4. The molecule has 9 heavy (non-hydrogen) atoms. The van der Waals surface area contributed by atoms with E-state index in [9.17, 15) is 4.79 Å². The van der Waals surface area contributed by atoms with Gasteiger partial charge in [-0.3, -0.25) is 4.79 Å². The Labute approximate surface area is 60.0 Å². The van der Waals surface area contributed by atoms with Gasteiger partial charge in [0.15, 0.2) is 0 Å². The van der Waals surface area contributed by atoms with Gasteiger partial charge in [0.1, 0.15) is 0 Å². The van der Waals surface area contributed by atoms with Crippen molar-refractivity contribution in [2.24, 2.45) is 0 Å². The van der Waals surface area contributed by atoms with Gasteiger partial charge in [-0.05, 0) is 12.2 Å². The summed E-state index contributed by atoms with van der Waals surface area (Å²) in [4.78, 5) is 10.4. The first-order chi connectivity index (χ1) is 4.31. The third-order valence-electron chi connectivity index (χ3n) is 0.736. The van der Waals surface area contributed by atoms with Crippen molar-refractivity contribution in [2.75, 3.05) is 18.6 Å². The van der Waals surface area contributed by atoms with Gasteiger partial charge in [0.2, 0.25) is 0 Å². The first-order valence-corrected chi connectivity index (χ1v) is 3.90. The normalized spacial score (nSPS) is 9.11.